The third-order valence-corrected chi connectivity index (χ3v) is 6.46. The number of H-pyrrole nitrogens is 1. The van der Waals surface area contributed by atoms with E-state index in [1.54, 1.807) is 7.11 Å². The van der Waals surface area contributed by atoms with Gasteiger partial charge in [-0.1, -0.05) is 23.8 Å². The van der Waals surface area contributed by atoms with Crippen molar-refractivity contribution in [3.63, 3.8) is 0 Å². The zero-order chi connectivity index (χ0) is 23.4. The molecule has 0 radical (unpaired) electrons. The summed E-state index contributed by atoms with van der Waals surface area (Å²) >= 11 is 5.76. The molecular weight excluding hydrogens is 434 g/mol. The molecule has 0 bridgehead atoms. The second kappa shape index (κ2) is 10.4. The number of aryl methyl sites for hydroxylation is 2. The van der Waals surface area contributed by atoms with E-state index in [4.69, 9.17) is 21.7 Å². The largest absolute Gasteiger partial charge is 0.497 e. The van der Waals surface area contributed by atoms with E-state index in [-0.39, 0.29) is 11.7 Å². The summed E-state index contributed by atoms with van der Waals surface area (Å²) in [6, 6.07) is 14.1. The molecule has 6 nitrogen and oxygen atoms in total. The first kappa shape index (κ1) is 23.3. The van der Waals surface area contributed by atoms with Gasteiger partial charge < -0.3 is 24.7 Å². The number of nitrogens with one attached hydrogen (secondary N) is 2. The van der Waals surface area contributed by atoms with Gasteiger partial charge in [0.25, 0.3) is 5.56 Å². The molecule has 1 saturated heterocycles. The highest BCUT2D eigenvalue weighted by Gasteiger charge is 2.19. The molecule has 33 heavy (non-hydrogen) atoms. The van der Waals surface area contributed by atoms with Gasteiger partial charge in [-0.25, -0.2) is 0 Å². The van der Waals surface area contributed by atoms with Crippen LogP contribution in [-0.2, 0) is 17.8 Å². The van der Waals surface area contributed by atoms with Crippen LogP contribution >= 0.6 is 12.2 Å². The van der Waals surface area contributed by atoms with Crippen LogP contribution < -0.4 is 15.6 Å². The third kappa shape index (κ3) is 5.72. The number of aromatic nitrogens is 1. The van der Waals surface area contributed by atoms with Gasteiger partial charge in [-0.05, 0) is 79.7 Å². The highest BCUT2D eigenvalue weighted by atomic mass is 32.1. The van der Waals surface area contributed by atoms with Gasteiger partial charge >= 0.3 is 0 Å². The molecule has 0 saturated carbocycles. The quantitative estimate of drug-likeness (QED) is 0.510. The lowest BCUT2D eigenvalue weighted by molar-refractivity contribution is 0.113. The van der Waals surface area contributed by atoms with Crippen LogP contribution in [0.15, 0.2) is 47.3 Å². The monoisotopic (exact) mass is 465 g/mol. The minimum Gasteiger partial charge on any atom is -0.497 e. The van der Waals surface area contributed by atoms with E-state index in [0.717, 1.165) is 47.2 Å². The van der Waals surface area contributed by atoms with Crippen LogP contribution in [0, 0.1) is 13.8 Å². The average molecular weight is 466 g/mol. The average Bonchev–Trinajstić information content (AvgIpc) is 3.32. The zero-order valence-corrected chi connectivity index (χ0v) is 20.3. The highest BCUT2D eigenvalue weighted by Crippen LogP contribution is 2.20. The van der Waals surface area contributed by atoms with E-state index < -0.39 is 0 Å². The number of hydrogen-bond acceptors (Lipinski definition) is 4. The minimum atomic E-state index is -0.0869. The van der Waals surface area contributed by atoms with Crippen molar-refractivity contribution in [1.82, 2.24) is 15.2 Å². The molecule has 0 spiro atoms. The van der Waals surface area contributed by atoms with Gasteiger partial charge in [0.1, 0.15) is 5.75 Å². The summed E-state index contributed by atoms with van der Waals surface area (Å²) < 4.78 is 11.0. The molecule has 2 N–H and O–H groups in total. The number of methoxy groups -OCH3 is 1. The summed E-state index contributed by atoms with van der Waals surface area (Å²) in [5.74, 6) is 0.807. The number of ether oxygens (including phenoxy) is 2. The summed E-state index contributed by atoms with van der Waals surface area (Å²) in [7, 11) is 1.65. The Morgan fingerprint density at radius 2 is 2.00 bits per heavy atom. The molecule has 0 amide bonds. The van der Waals surface area contributed by atoms with Gasteiger partial charge in [-0.15, -0.1) is 0 Å². The molecule has 1 aliphatic rings. The fourth-order valence-electron chi connectivity index (χ4n) is 4.32. The van der Waals surface area contributed by atoms with Crippen LogP contribution in [0.1, 0.15) is 35.1 Å². The molecule has 4 rings (SSSR count). The second-order valence-electron chi connectivity index (χ2n) is 8.69. The predicted octanol–water partition coefficient (Wildman–Crippen LogP) is 4.21. The highest BCUT2D eigenvalue weighted by molar-refractivity contribution is 7.80. The lowest BCUT2D eigenvalue weighted by Crippen LogP contribution is -2.42. The normalized spacial score (nSPS) is 15.5. The number of thiocarbonyl (C=S) groups is 1. The van der Waals surface area contributed by atoms with Gasteiger partial charge in [0.15, 0.2) is 5.11 Å². The number of benzene rings is 2. The van der Waals surface area contributed by atoms with Crippen molar-refractivity contribution in [3.05, 3.63) is 75.1 Å². The Balaban J connectivity index is 1.59. The van der Waals surface area contributed by atoms with Crippen LogP contribution in [0.3, 0.4) is 0 Å². The lowest BCUT2D eigenvalue weighted by atomic mass is 10.1. The maximum Gasteiger partial charge on any atom is 0.253 e. The van der Waals surface area contributed by atoms with E-state index in [1.165, 1.54) is 5.56 Å². The molecule has 1 aromatic heterocycles. The van der Waals surface area contributed by atoms with Crippen LogP contribution in [0.2, 0.25) is 0 Å². The summed E-state index contributed by atoms with van der Waals surface area (Å²) in [5, 5.41) is 5.00. The first-order valence-electron chi connectivity index (χ1n) is 11.3. The number of rotatable bonds is 7. The summed E-state index contributed by atoms with van der Waals surface area (Å²) in [6.07, 6.45) is 2.30. The maximum atomic E-state index is 12.9. The molecular formula is C26H31N3O3S. The smallest absolute Gasteiger partial charge is 0.253 e. The van der Waals surface area contributed by atoms with Crippen molar-refractivity contribution in [2.75, 3.05) is 20.3 Å². The Morgan fingerprint density at radius 1 is 1.21 bits per heavy atom. The Kier molecular flexibility index (Phi) is 7.30. The molecule has 2 heterocycles. The molecule has 0 unspecified atom stereocenters. The zero-order valence-electron chi connectivity index (χ0n) is 19.4. The number of nitrogens with zero attached hydrogens (tertiary/aromatic N) is 1. The van der Waals surface area contributed by atoms with Gasteiger partial charge in [-0.3, -0.25) is 4.79 Å². The molecule has 1 atom stereocenters. The van der Waals surface area contributed by atoms with Gasteiger partial charge in [-0.2, -0.15) is 0 Å². The van der Waals surface area contributed by atoms with Crippen molar-refractivity contribution < 1.29 is 9.47 Å². The Labute approximate surface area is 199 Å². The molecule has 2 aromatic carbocycles. The third-order valence-electron chi connectivity index (χ3n) is 6.06. The SMILES string of the molecule is COc1ccc(CN(Cc2cc3cc(C)cc(C)c3[nH]c2=O)C(=S)NC[C@H]2CCCO2)cc1. The van der Waals surface area contributed by atoms with Crippen molar-refractivity contribution in [1.29, 1.82) is 0 Å². The van der Waals surface area contributed by atoms with Gasteiger partial charge in [0.05, 0.1) is 25.3 Å². The first-order valence-corrected chi connectivity index (χ1v) is 11.7. The summed E-state index contributed by atoms with van der Waals surface area (Å²) in [6.45, 7) is 6.54. The van der Waals surface area contributed by atoms with E-state index in [1.807, 2.05) is 42.2 Å². The molecule has 1 aliphatic heterocycles. The second-order valence-corrected chi connectivity index (χ2v) is 9.08. The molecule has 1 fully saturated rings. The fourth-order valence-corrected chi connectivity index (χ4v) is 4.54. The summed E-state index contributed by atoms with van der Waals surface area (Å²) in [4.78, 5) is 18.1. The Bertz CT molecular complexity index is 1180. The molecule has 174 valence electrons. The standard InChI is InChI=1S/C26H31N3O3S/c1-17-11-18(2)24-20(12-17)13-21(25(30)28-24)16-29(15-19-6-8-22(31-3)9-7-19)26(33)27-14-23-5-4-10-32-23/h6-9,11-13,23H,4-5,10,14-16H2,1-3H3,(H,27,33)(H,28,30)/t23-/m1/s1. The molecule has 0 aliphatic carbocycles. The Hall–Kier alpha value is -2.90. The lowest BCUT2D eigenvalue weighted by Gasteiger charge is -2.27. The van der Waals surface area contributed by atoms with E-state index in [2.05, 4.69) is 29.4 Å². The predicted molar refractivity (Wildman–Crippen MR) is 136 cm³/mol. The fraction of sp³-hybridized carbons (Fsp3) is 0.385. The van der Waals surface area contributed by atoms with E-state index in [9.17, 15) is 4.79 Å². The Morgan fingerprint density at radius 3 is 2.70 bits per heavy atom. The van der Waals surface area contributed by atoms with Crippen molar-refractivity contribution in [2.45, 2.75) is 45.9 Å². The van der Waals surface area contributed by atoms with Gasteiger partial charge in [0, 0.05) is 25.3 Å². The van der Waals surface area contributed by atoms with Crippen molar-refractivity contribution >= 4 is 28.2 Å². The number of aromatic amines is 1. The van der Waals surface area contributed by atoms with Gasteiger partial charge in [0.2, 0.25) is 0 Å². The summed E-state index contributed by atoms with van der Waals surface area (Å²) in [5.41, 5.74) is 4.80. The van der Waals surface area contributed by atoms with Crippen LogP contribution in [-0.4, -0.2) is 41.4 Å². The van der Waals surface area contributed by atoms with Crippen LogP contribution in [0.4, 0.5) is 0 Å². The van der Waals surface area contributed by atoms with E-state index >= 15 is 0 Å². The minimum absolute atomic E-state index is 0.0869. The molecule has 3 aromatic rings. The van der Waals surface area contributed by atoms with Crippen molar-refractivity contribution in [3.8, 4) is 5.75 Å². The molecule has 7 heteroatoms. The topological polar surface area (TPSA) is 66.6 Å². The number of hydrogen-bond donors (Lipinski definition) is 2. The van der Waals surface area contributed by atoms with Crippen molar-refractivity contribution in [2.24, 2.45) is 0 Å². The maximum absolute atomic E-state index is 12.9. The number of fused-ring (bicyclic) bond motifs is 1. The van der Waals surface area contributed by atoms with E-state index in [0.29, 0.717) is 30.3 Å². The van der Waals surface area contributed by atoms with Crippen LogP contribution in [0.25, 0.3) is 10.9 Å². The van der Waals surface area contributed by atoms with Crippen LogP contribution in [0.5, 0.6) is 5.75 Å². The number of pyridine rings is 1. The first-order chi connectivity index (χ1) is 15.9.